The Balaban J connectivity index is 1.98. The van der Waals surface area contributed by atoms with Crippen molar-refractivity contribution >= 4 is 21.6 Å². The minimum absolute atomic E-state index is 0.0827. The van der Waals surface area contributed by atoms with Crippen LogP contribution in [0, 0.1) is 0 Å². The van der Waals surface area contributed by atoms with Crippen LogP contribution in [0.25, 0.3) is 10.2 Å². The SMILES string of the molecule is CC(NCCC(F)(F)F)c1nc2ccccc2s1. The predicted octanol–water partition coefficient (Wildman–Crippen LogP) is 3.90. The number of halogens is 3. The van der Waals surface area contributed by atoms with Gasteiger partial charge >= 0.3 is 6.18 Å². The highest BCUT2D eigenvalue weighted by Crippen LogP contribution is 2.26. The number of hydrogen-bond donors (Lipinski definition) is 1. The number of hydrogen-bond acceptors (Lipinski definition) is 3. The molecule has 1 aromatic carbocycles. The van der Waals surface area contributed by atoms with Crippen molar-refractivity contribution in [2.24, 2.45) is 0 Å². The molecule has 1 unspecified atom stereocenters. The van der Waals surface area contributed by atoms with Gasteiger partial charge in [-0.05, 0) is 19.1 Å². The van der Waals surface area contributed by atoms with Crippen LogP contribution >= 0.6 is 11.3 Å². The molecule has 0 fully saturated rings. The summed E-state index contributed by atoms with van der Waals surface area (Å²) in [6.07, 6.45) is -4.93. The molecule has 1 atom stereocenters. The van der Waals surface area contributed by atoms with Gasteiger partial charge in [0.25, 0.3) is 0 Å². The number of fused-ring (bicyclic) bond motifs is 1. The Labute approximate surface area is 107 Å². The molecule has 6 heteroatoms. The topological polar surface area (TPSA) is 24.9 Å². The van der Waals surface area contributed by atoms with Crippen LogP contribution in [-0.2, 0) is 0 Å². The van der Waals surface area contributed by atoms with Crippen molar-refractivity contribution < 1.29 is 13.2 Å². The molecule has 18 heavy (non-hydrogen) atoms. The first-order valence-electron chi connectivity index (χ1n) is 5.61. The molecule has 0 aliphatic heterocycles. The molecule has 2 rings (SSSR count). The Morgan fingerprint density at radius 1 is 1.33 bits per heavy atom. The van der Waals surface area contributed by atoms with Crippen molar-refractivity contribution in [1.29, 1.82) is 0 Å². The molecular weight excluding hydrogens is 261 g/mol. The summed E-state index contributed by atoms with van der Waals surface area (Å²) >= 11 is 1.51. The van der Waals surface area contributed by atoms with Crippen LogP contribution < -0.4 is 5.32 Å². The first-order valence-corrected chi connectivity index (χ1v) is 6.43. The average molecular weight is 274 g/mol. The molecule has 0 aliphatic carbocycles. The van der Waals surface area contributed by atoms with Crippen molar-refractivity contribution in [2.75, 3.05) is 6.54 Å². The van der Waals surface area contributed by atoms with Crippen LogP contribution in [0.4, 0.5) is 13.2 Å². The van der Waals surface area contributed by atoms with Crippen LogP contribution in [0.1, 0.15) is 24.4 Å². The second-order valence-electron chi connectivity index (χ2n) is 4.06. The average Bonchev–Trinajstić information content (AvgIpc) is 2.70. The van der Waals surface area contributed by atoms with E-state index in [9.17, 15) is 13.2 Å². The van der Waals surface area contributed by atoms with Crippen LogP contribution in [0.5, 0.6) is 0 Å². The third-order valence-electron chi connectivity index (χ3n) is 2.54. The van der Waals surface area contributed by atoms with E-state index in [1.54, 1.807) is 0 Å². The van der Waals surface area contributed by atoms with Crippen molar-refractivity contribution in [3.05, 3.63) is 29.3 Å². The normalized spacial score (nSPS) is 14.0. The van der Waals surface area contributed by atoms with Gasteiger partial charge in [0.05, 0.1) is 22.7 Å². The number of rotatable bonds is 4. The number of alkyl halides is 3. The highest BCUT2D eigenvalue weighted by atomic mass is 32.1. The molecule has 0 bridgehead atoms. The van der Waals surface area contributed by atoms with Gasteiger partial charge in [-0.25, -0.2) is 4.98 Å². The minimum Gasteiger partial charge on any atom is -0.308 e. The summed E-state index contributed by atoms with van der Waals surface area (Å²) in [7, 11) is 0. The number of thiazole rings is 1. The number of aromatic nitrogens is 1. The van der Waals surface area contributed by atoms with Gasteiger partial charge in [0, 0.05) is 6.54 Å². The maximum absolute atomic E-state index is 12.0. The van der Waals surface area contributed by atoms with E-state index in [2.05, 4.69) is 10.3 Å². The fraction of sp³-hybridized carbons (Fsp3) is 0.417. The zero-order valence-electron chi connectivity index (χ0n) is 9.79. The Hall–Kier alpha value is -1.14. The molecule has 0 aliphatic rings. The molecule has 1 heterocycles. The van der Waals surface area contributed by atoms with Crippen molar-refractivity contribution in [2.45, 2.75) is 25.6 Å². The van der Waals surface area contributed by atoms with E-state index in [1.165, 1.54) is 11.3 Å². The van der Waals surface area contributed by atoms with E-state index >= 15 is 0 Å². The number of nitrogens with zero attached hydrogens (tertiary/aromatic N) is 1. The van der Waals surface area contributed by atoms with E-state index in [0.717, 1.165) is 15.2 Å². The molecule has 98 valence electrons. The lowest BCUT2D eigenvalue weighted by Gasteiger charge is -2.12. The van der Waals surface area contributed by atoms with Crippen LogP contribution in [0.15, 0.2) is 24.3 Å². The van der Waals surface area contributed by atoms with Crippen LogP contribution in [-0.4, -0.2) is 17.7 Å². The largest absolute Gasteiger partial charge is 0.390 e. The summed E-state index contributed by atoms with van der Waals surface area (Å²) in [5, 5.41) is 3.66. The second kappa shape index (κ2) is 5.24. The summed E-state index contributed by atoms with van der Waals surface area (Å²) < 4.78 is 37.1. The number of benzene rings is 1. The molecule has 1 aromatic heterocycles. The molecule has 2 aromatic rings. The molecule has 0 saturated heterocycles. The number of nitrogens with one attached hydrogen (secondary N) is 1. The van der Waals surface area contributed by atoms with Crippen LogP contribution in [0.3, 0.4) is 0 Å². The van der Waals surface area contributed by atoms with Crippen molar-refractivity contribution in [3.63, 3.8) is 0 Å². The zero-order chi connectivity index (χ0) is 13.2. The Morgan fingerprint density at radius 3 is 2.72 bits per heavy atom. The van der Waals surface area contributed by atoms with Gasteiger partial charge in [-0.1, -0.05) is 12.1 Å². The predicted molar refractivity (Wildman–Crippen MR) is 66.7 cm³/mol. The fourth-order valence-electron chi connectivity index (χ4n) is 1.59. The van der Waals surface area contributed by atoms with Crippen LogP contribution in [0.2, 0.25) is 0 Å². The highest BCUT2D eigenvalue weighted by Gasteiger charge is 2.26. The standard InChI is InChI=1S/C12H13F3N2S/c1-8(16-7-6-12(13,14)15)11-17-9-4-2-3-5-10(9)18-11/h2-5,8,16H,6-7H2,1H3. The van der Waals surface area contributed by atoms with Gasteiger partial charge in [0.15, 0.2) is 0 Å². The number of para-hydroxylation sites is 1. The Morgan fingerprint density at radius 2 is 2.06 bits per heavy atom. The van der Waals surface area contributed by atoms with Gasteiger partial charge in [0.1, 0.15) is 5.01 Å². The van der Waals surface area contributed by atoms with Crippen molar-refractivity contribution in [1.82, 2.24) is 10.3 Å². The smallest absolute Gasteiger partial charge is 0.308 e. The van der Waals surface area contributed by atoms with Gasteiger partial charge < -0.3 is 5.32 Å². The second-order valence-corrected chi connectivity index (χ2v) is 5.12. The molecule has 0 amide bonds. The maximum Gasteiger partial charge on any atom is 0.390 e. The zero-order valence-corrected chi connectivity index (χ0v) is 10.6. The summed E-state index contributed by atoms with van der Waals surface area (Å²) in [4.78, 5) is 4.40. The lowest BCUT2D eigenvalue weighted by atomic mass is 10.3. The first kappa shape index (κ1) is 13.3. The molecule has 0 spiro atoms. The van der Waals surface area contributed by atoms with E-state index in [-0.39, 0.29) is 12.6 Å². The van der Waals surface area contributed by atoms with E-state index in [0.29, 0.717) is 0 Å². The molecular formula is C12H13F3N2S. The van der Waals surface area contributed by atoms with E-state index in [4.69, 9.17) is 0 Å². The molecule has 0 saturated carbocycles. The molecule has 1 N–H and O–H groups in total. The first-order chi connectivity index (χ1) is 8.46. The maximum atomic E-state index is 12.0. The summed E-state index contributed by atoms with van der Waals surface area (Å²) in [6, 6.07) is 7.51. The Kier molecular flexibility index (Phi) is 3.87. The molecule has 2 nitrogen and oxygen atoms in total. The van der Waals surface area contributed by atoms with Gasteiger partial charge in [0.2, 0.25) is 0 Å². The van der Waals surface area contributed by atoms with Gasteiger partial charge in [-0.3, -0.25) is 0 Å². The highest BCUT2D eigenvalue weighted by molar-refractivity contribution is 7.18. The van der Waals surface area contributed by atoms with E-state index in [1.807, 2.05) is 31.2 Å². The lowest BCUT2D eigenvalue weighted by Crippen LogP contribution is -2.24. The third-order valence-corrected chi connectivity index (χ3v) is 3.76. The fourth-order valence-corrected chi connectivity index (χ4v) is 2.59. The molecule has 0 radical (unpaired) electrons. The van der Waals surface area contributed by atoms with Crippen molar-refractivity contribution in [3.8, 4) is 0 Å². The van der Waals surface area contributed by atoms with Gasteiger partial charge in [-0.15, -0.1) is 11.3 Å². The summed E-state index contributed by atoms with van der Waals surface area (Å²) in [5.41, 5.74) is 0.891. The van der Waals surface area contributed by atoms with E-state index < -0.39 is 12.6 Å². The quantitative estimate of drug-likeness (QED) is 0.914. The lowest BCUT2D eigenvalue weighted by molar-refractivity contribution is -0.133. The van der Waals surface area contributed by atoms with Gasteiger partial charge in [-0.2, -0.15) is 13.2 Å². The summed E-state index contributed by atoms with van der Waals surface area (Å²) in [5.74, 6) is 0. The summed E-state index contributed by atoms with van der Waals surface area (Å²) in [6.45, 7) is 1.74. The third kappa shape index (κ3) is 3.43. The monoisotopic (exact) mass is 274 g/mol. The Bertz CT molecular complexity index is 488. The minimum atomic E-state index is -4.11.